The molecule has 3 heterocycles. The number of fused-ring (bicyclic) bond motifs is 2. The molecule has 3 aromatic rings. The van der Waals surface area contributed by atoms with Gasteiger partial charge in [-0.1, -0.05) is 58.7 Å². The van der Waals surface area contributed by atoms with Crippen molar-refractivity contribution in [3.05, 3.63) is 76.5 Å². The smallest absolute Gasteiger partial charge is 0.142 e. The van der Waals surface area contributed by atoms with Crippen molar-refractivity contribution >= 4 is 11.6 Å². The van der Waals surface area contributed by atoms with E-state index in [4.69, 9.17) is 16.1 Å². The van der Waals surface area contributed by atoms with Gasteiger partial charge >= 0.3 is 0 Å². The number of nitrogens with zero attached hydrogens (tertiary/aromatic N) is 2. The van der Waals surface area contributed by atoms with Crippen LogP contribution in [0, 0.1) is 6.92 Å². The average Bonchev–Trinajstić information content (AvgIpc) is 3.26. The second-order valence-electron chi connectivity index (χ2n) is 8.36. The Hall–Kier alpha value is -2.10. The van der Waals surface area contributed by atoms with Gasteiger partial charge in [0.05, 0.1) is 0 Å². The van der Waals surface area contributed by atoms with E-state index < -0.39 is 0 Å². The van der Waals surface area contributed by atoms with Crippen LogP contribution in [-0.4, -0.2) is 29.2 Å². The van der Waals surface area contributed by atoms with Crippen LogP contribution in [0.25, 0.3) is 11.3 Å². The Labute approximate surface area is 171 Å². The summed E-state index contributed by atoms with van der Waals surface area (Å²) in [5.41, 5.74) is 4.64. The summed E-state index contributed by atoms with van der Waals surface area (Å²) in [6, 6.07) is 20.2. The summed E-state index contributed by atoms with van der Waals surface area (Å²) in [6.07, 6.45) is 3.64. The van der Waals surface area contributed by atoms with Gasteiger partial charge in [-0.05, 0) is 56.8 Å². The lowest BCUT2D eigenvalue weighted by molar-refractivity contribution is 0.122. The Balaban J connectivity index is 1.53. The van der Waals surface area contributed by atoms with Gasteiger partial charge in [0.1, 0.15) is 11.5 Å². The Kier molecular flexibility index (Phi) is 4.53. The van der Waals surface area contributed by atoms with Gasteiger partial charge in [0.2, 0.25) is 0 Å². The molecule has 3 nitrogen and oxygen atoms in total. The van der Waals surface area contributed by atoms with Crippen molar-refractivity contribution in [1.82, 2.24) is 10.1 Å². The predicted octanol–water partition coefficient (Wildman–Crippen LogP) is 6.04. The summed E-state index contributed by atoms with van der Waals surface area (Å²) in [5.74, 6) is 1.76. The molecular formula is C24H25ClN2O. The molecule has 4 heteroatoms. The van der Waals surface area contributed by atoms with Crippen LogP contribution in [0.2, 0.25) is 5.02 Å². The van der Waals surface area contributed by atoms with Crippen LogP contribution in [0.1, 0.15) is 48.0 Å². The van der Waals surface area contributed by atoms with E-state index in [9.17, 15) is 0 Å². The molecule has 2 fully saturated rings. The molecule has 0 aliphatic carbocycles. The Bertz CT molecular complexity index is 963. The number of piperidine rings is 1. The first-order valence-electron chi connectivity index (χ1n) is 10.1. The first-order chi connectivity index (χ1) is 13.6. The third-order valence-electron chi connectivity index (χ3n) is 6.77. The molecule has 0 spiro atoms. The fourth-order valence-corrected chi connectivity index (χ4v) is 5.34. The van der Waals surface area contributed by atoms with Gasteiger partial charge in [0.25, 0.3) is 0 Å². The van der Waals surface area contributed by atoms with Crippen LogP contribution in [0.3, 0.4) is 0 Å². The molecule has 2 aliphatic heterocycles. The number of aryl methyl sites for hydroxylation is 1. The SMILES string of the molecule is Cc1ccc(-c2cc([C@H]3C(c4ccc(Cl)cc4)CC4CCC3N4C)on2)cc1. The second-order valence-corrected chi connectivity index (χ2v) is 8.80. The number of hydrogen-bond acceptors (Lipinski definition) is 3. The molecule has 2 bridgehead atoms. The normalized spacial score (nSPS) is 27.2. The summed E-state index contributed by atoms with van der Waals surface area (Å²) in [6.45, 7) is 2.10. The molecule has 4 atom stereocenters. The van der Waals surface area contributed by atoms with Crippen molar-refractivity contribution in [3.8, 4) is 11.3 Å². The quantitative estimate of drug-likeness (QED) is 0.544. The molecule has 0 N–H and O–H groups in total. The highest BCUT2D eigenvalue weighted by atomic mass is 35.5. The average molecular weight is 393 g/mol. The fourth-order valence-electron chi connectivity index (χ4n) is 5.21. The monoisotopic (exact) mass is 392 g/mol. The van der Waals surface area contributed by atoms with Crippen molar-refractivity contribution in [1.29, 1.82) is 0 Å². The standard InChI is InChI=1S/C24H25ClN2O/c1-15-3-5-17(6-4-15)21-14-23(28-26-21)24-20(16-7-9-18(25)10-8-16)13-19-11-12-22(24)27(19)2/h3-10,14,19-20,22,24H,11-13H2,1-2H3/t19?,20?,22?,24-/m0/s1. The van der Waals surface area contributed by atoms with Crippen molar-refractivity contribution in [2.24, 2.45) is 0 Å². The van der Waals surface area contributed by atoms with Crippen molar-refractivity contribution in [2.45, 2.75) is 50.1 Å². The molecule has 2 saturated heterocycles. The van der Waals surface area contributed by atoms with Crippen LogP contribution >= 0.6 is 11.6 Å². The molecule has 0 radical (unpaired) electrons. The lowest BCUT2D eigenvalue weighted by Gasteiger charge is -2.42. The van der Waals surface area contributed by atoms with Gasteiger partial charge in [-0.3, -0.25) is 4.90 Å². The largest absolute Gasteiger partial charge is 0.360 e. The Morgan fingerprint density at radius 3 is 2.54 bits per heavy atom. The van der Waals surface area contributed by atoms with E-state index in [-0.39, 0.29) is 0 Å². The third kappa shape index (κ3) is 3.07. The third-order valence-corrected chi connectivity index (χ3v) is 7.02. The van der Waals surface area contributed by atoms with Crippen LogP contribution < -0.4 is 0 Å². The predicted molar refractivity (Wildman–Crippen MR) is 113 cm³/mol. The molecule has 1 aromatic heterocycles. The molecule has 0 amide bonds. The van der Waals surface area contributed by atoms with E-state index >= 15 is 0 Å². The second kappa shape index (κ2) is 7.06. The van der Waals surface area contributed by atoms with Crippen molar-refractivity contribution in [3.63, 3.8) is 0 Å². The zero-order valence-corrected chi connectivity index (χ0v) is 17.1. The molecule has 0 saturated carbocycles. The van der Waals surface area contributed by atoms with Gasteiger partial charge in [-0.2, -0.15) is 0 Å². The topological polar surface area (TPSA) is 29.3 Å². The highest BCUT2D eigenvalue weighted by molar-refractivity contribution is 6.30. The molecule has 28 heavy (non-hydrogen) atoms. The lowest BCUT2D eigenvalue weighted by atomic mass is 9.75. The van der Waals surface area contributed by atoms with Gasteiger partial charge in [0.15, 0.2) is 0 Å². The van der Waals surface area contributed by atoms with Gasteiger partial charge in [0, 0.05) is 34.7 Å². The van der Waals surface area contributed by atoms with E-state index in [0.717, 1.165) is 28.5 Å². The van der Waals surface area contributed by atoms with Crippen LogP contribution in [0.4, 0.5) is 0 Å². The zero-order valence-electron chi connectivity index (χ0n) is 16.3. The van der Waals surface area contributed by atoms with Crippen molar-refractivity contribution in [2.75, 3.05) is 7.05 Å². The van der Waals surface area contributed by atoms with Crippen LogP contribution in [0.5, 0.6) is 0 Å². The molecule has 5 rings (SSSR count). The highest BCUT2D eigenvalue weighted by Gasteiger charge is 2.48. The first-order valence-corrected chi connectivity index (χ1v) is 10.5. The molecule has 2 aliphatic rings. The number of aromatic nitrogens is 1. The van der Waals surface area contributed by atoms with E-state index in [0.29, 0.717) is 23.9 Å². The van der Waals surface area contributed by atoms with Gasteiger partial charge < -0.3 is 4.52 Å². The minimum Gasteiger partial charge on any atom is -0.360 e. The maximum Gasteiger partial charge on any atom is 0.142 e. The van der Waals surface area contributed by atoms with Gasteiger partial charge in [-0.15, -0.1) is 0 Å². The molecule has 144 valence electrons. The Morgan fingerprint density at radius 1 is 1.04 bits per heavy atom. The summed E-state index contributed by atoms with van der Waals surface area (Å²) >= 11 is 6.14. The Morgan fingerprint density at radius 2 is 1.79 bits per heavy atom. The van der Waals surface area contributed by atoms with Crippen LogP contribution in [-0.2, 0) is 0 Å². The number of likely N-dealkylation sites (N-methyl/N-ethyl adjacent to an activating group) is 1. The fraction of sp³-hybridized carbons (Fsp3) is 0.375. The number of hydrogen-bond donors (Lipinski definition) is 0. The highest BCUT2D eigenvalue weighted by Crippen LogP contribution is 2.51. The zero-order chi connectivity index (χ0) is 19.3. The number of rotatable bonds is 3. The summed E-state index contributed by atoms with van der Waals surface area (Å²) in [4.78, 5) is 2.56. The minimum absolute atomic E-state index is 0.316. The van der Waals surface area contributed by atoms with E-state index in [2.05, 4.69) is 66.5 Å². The first kappa shape index (κ1) is 18.0. The summed E-state index contributed by atoms with van der Waals surface area (Å²) in [7, 11) is 2.27. The number of benzene rings is 2. The van der Waals surface area contributed by atoms with Gasteiger partial charge in [-0.25, -0.2) is 0 Å². The maximum atomic E-state index is 6.14. The molecular weight excluding hydrogens is 368 g/mol. The van der Waals surface area contributed by atoms with E-state index in [1.54, 1.807) is 0 Å². The number of halogens is 1. The van der Waals surface area contributed by atoms with Crippen LogP contribution in [0.15, 0.2) is 59.1 Å². The van der Waals surface area contributed by atoms with E-state index in [1.165, 1.54) is 24.0 Å². The molecule has 2 aromatic carbocycles. The summed E-state index contributed by atoms with van der Waals surface area (Å²) < 4.78 is 5.96. The minimum atomic E-state index is 0.316. The summed E-state index contributed by atoms with van der Waals surface area (Å²) in [5, 5.41) is 5.22. The molecule has 3 unspecified atom stereocenters. The van der Waals surface area contributed by atoms with E-state index in [1.807, 2.05) is 12.1 Å². The lowest BCUT2D eigenvalue weighted by Crippen LogP contribution is -2.44. The van der Waals surface area contributed by atoms with Crippen molar-refractivity contribution < 1.29 is 4.52 Å². The maximum absolute atomic E-state index is 6.14.